The number of allylic oxidation sites excluding steroid dienone is 2. The molecule has 1 nitrogen and oxygen atoms in total. The van der Waals surface area contributed by atoms with Gasteiger partial charge in [-0.1, -0.05) is 30.7 Å². The van der Waals surface area contributed by atoms with Crippen molar-refractivity contribution in [2.75, 3.05) is 6.61 Å². The fraction of sp³-hybridized carbons (Fsp3) is 0.600. The summed E-state index contributed by atoms with van der Waals surface area (Å²) in [5.41, 5.74) is 1.41. The molecule has 0 heterocycles. The van der Waals surface area contributed by atoms with Crippen molar-refractivity contribution in [1.82, 2.24) is 0 Å². The monoisotopic (exact) mass is 152 g/mol. The van der Waals surface area contributed by atoms with Gasteiger partial charge in [0.2, 0.25) is 0 Å². The molecule has 1 unspecified atom stereocenters. The first-order valence-corrected chi connectivity index (χ1v) is 4.28. The molecule has 1 atom stereocenters. The van der Waals surface area contributed by atoms with Crippen LogP contribution in [-0.2, 0) is 4.74 Å². The van der Waals surface area contributed by atoms with Crippen LogP contribution in [0.4, 0.5) is 0 Å². The summed E-state index contributed by atoms with van der Waals surface area (Å²) in [6.07, 6.45) is 8.86. The van der Waals surface area contributed by atoms with Gasteiger partial charge in [0.1, 0.15) is 0 Å². The van der Waals surface area contributed by atoms with E-state index in [4.69, 9.17) is 4.74 Å². The Morgan fingerprint density at radius 2 is 2.45 bits per heavy atom. The van der Waals surface area contributed by atoms with Gasteiger partial charge in [0, 0.05) is 6.61 Å². The van der Waals surface area contributed by atoms with Crippen LogP contribution in [0.15, 0.2) is 23.8 Å². The molecule has 1 rings (SSSR count). The standard InChI is InChI=1S/C10H16O/c1-3-7-11-10-6-4-5-9(2)8-10/h4-6,10H,3,7-8H2,1-2H3. The SMILES string of the molecule is CCCOC1C=CC=C(C)C1. The van der Waals surface area contributed by atoms with E-state index in [9.17, 15) is 0 Å². The number of hydrogen-bond acceptors (Lipinski definition) is 1. The lowest BCUT2D eigenvalue weighted by molar-refractivity contribution is 0.0852. The third-order valence-corrected chi connectivity index (χ3v) is 1.77. The predicted molar refractivity (Wildman–Crippen MR) is 47.5 cm³/mol. The molecular formula is C10H16O. The lowest BCUT2D eigenvalue weighted by atomic mass is 10.0. The molecular weight excluding hydrogens is 136 g/mol. The summed E-state index contributed by atoms with van der Waals surface area (Å²) in [6, 6.07) is 0. The lowest BCUT2D eigenvalue weighted by Gasteiger charge is -2.16. The van der Waals surface area contributed by atoms with Crippen molar-refractivity contribution < 1.29 is 4.74 Å². The Morgan fingerprint density at radius 3 is 3.09 bits per heavy atom. The third kappa shape index (κ3) is 2.89. The molecule has 0 aromatic heterocycles. The predicted octanol–water partition coefficient (Wildman–Crippen LogP) is 2.69. The first-order valence-electron chi connectivity index (χ1n) is 4.28. The maximum Gasteiger partial charge on any atom is 0.0795 e. The Morgan fingerprint density at radius 1 is 1.64 bits per heavy atom. The minimum atomic E-state index is 0.333. The van der Waals surface area contributed by atoms with Crippen LogP contribution in [0.3, 0.4) is 0 Å². The summed E-state index contributed by atoms with van der Waals surface area (Å²) < 4.78 is 5.57. The molecule has 0 bridgehead atoms. The molecule has 1 heteroatoms. The smallest absolute Gasteiger partial charge is 0.0795 e. The number of ether oxygens (including phenoxy) is 1. The molecule has 0 saturated heterocycles. The van der Waals surface area contributed by atoms with Crippen molar-refractivity contribution in [3.63, 3.8) is 0 Å². The molecule has 11 heavy (non-hydrogen) atoms. The van der Waals surface area contributed by atoms with Gasteiger partial charge in [-0.15, -0.1) is 0 Å². The largest absolute Gasteiger partial charge is 0.374 e. The fourth-order valence-corrected chi connectivity index (χ4v) is 1.18. The Balaban J connectivity index is 2.28. The van der Waals surface area contributed by atoms with Gasteiger partial charge in [-0.25, -0.2) is 0 Å². The summed E-state index contributed by atoms with van der Waals surface area (Å²) in [6.45, 7) is 5.16. The Hall–Kier alpha value is -0.560. The molecule has 0 radical (unpaired) electrons. The maximum atomic E-state index is 5.57. The molecule has 0 aromatic carbocycles. The van der Waals surface area contributed by atoms with Gasteiger partial charge >= 0.3 is 0 Å². The second kappa shape index (κ2) is 4.35. The van der Waals surface area contributed by atoms with E-state index in [1.54, 1.807) is 0 Å². The van der Waals surface area contributed by atoms with E-state index < -0.39 is 0 Å². The van der Waals surface area contributed by atoms with Crippen molar-refractivity contribution in [3.05, 3.63) is 23.8 Å². The van der Waals surface area contributed by atoms with Crippen molar-refractivity contribution in [3.8, 4) is 0 Å². The van der Waals surface area contributed by atoms with E-state index in [1.807, 2.05) is 0 Å². The van der Waals surface area contributed by atoms with E-state index in [0.717, 1.165) is 19.4 Å². The third-order valence-electron chi connectivity index (χ3n) is 1.77. The van der Waals surface area contributed by atoms with Crippen molar-refractivity contribution in [2.45, 2.75) is 32.8 Å². The van der Waals surface area contributed by atoms with Crippen LogP contribution in [-0.4, -0.2) is 12.7 Å². The van der Waals surface area contributed by atoms with Crippen LogP contribution in [0.1, 0.15) is 26.7 Å². The highest BCUT2D eigenvalue weighted by Crippen LogP contribution is 2.14. The van der Waals surface area contributed by atoms with Crippen LogP contribution in [0.5, 0.6) is 0 Å². The van der Waals surface area contributed by atoms with Crippen LogP contribution in [0, 0.1) is 0 Å². The topological polar surface area (TPSA) is 9.23 Å². The Bertz CT molecular complexity index is 168. The summed E-state index contributed by atoms with van der Waals surface area (Å²) in [5, 5.41) is 0. The quantitative estimate of drug-likeness (QED) is 0.604. The van der Waals surface area contributed by atoms with Crippen LogP contribution in [0.25, 0.3) is 0 Å². The van der Waals surface area contributed by atoms with Gasteiger partial charge in [-0.3, -0.25) is 0 Å². The minimum absolute atomic E-state index is 0.333. The molecule has 1 aliphatic rings. The van der Waals surface area contributed by atoms with E-state index in [1.165, 1.54) is 5.57 Å². The zero-order valence-electron chi connectivity index (χ0n) is 7.34. The lowest BCUT2D eigenvalue weighted by Crippen LogP contribution is -2.12. The molecule has 62 valence electrons. The first kappa shape index (κ1) is 8.54. The maximum absolute atomic E-state index is 5.57. The van der Waals surface area contributed by atoms with Crippen molar-refractivity contribution >= 4 is 0 Å². The van der Waals surface area contributed by atoms with Gasteiger partial charge in [-0.2, -0.15) is 0 Å². The molecule has 0 aliphatic heterocycles. The van der Waals surface area contributed by atoms with E-state index in [0.29, 0.717) is 6.10 Å². The summed E-state index contributed by atoms with van der Waals surface area (Å²) >= 11 is 0. The average molecular weight is 152 g/mol. The second-order valence-electron chi connectivity index (χ2n) is 3.01. The highest BCUT2D eigenvalue weighted by molar-refractivity contribution is 5.18. The molecule has 0 N–H and O–H groups in total. The minimum Gasteiger partial charge on any atom is -0.374 e. The van der Waals surface area contributed by atoms with Gasteiger partial charge in [0.15, 0.2) is 0 Å². The van der Waals surface area contributed by atoms with Crippen molar-refractivity contribution in [2.24, 2.45) is 0 Å². The van der Waals surface area contributed by atoms with Crippen LogP contribution >= 0.6 is 0 Å². The number of rotatable bonds is 3. The summed E-state index contributed by atoms with van der Waals surface area (Å²) in [7, 11) is 0. The first-order chi connectivity index (χ1) is 5.33. The molecule has 0 fully saturated rings. The average Bonchev–Trinajstić information content (AvgIpc) is 2.01. The van der Waals surface area contributed by atoms with Gasteiger partial charge in [-0.05, 0) is 19.8 Å². The molecule has 0 saturated carbocycles. The highest BCUT2D eigenvalue weighted by atomic mass is 16.5. The fourth-order valence-electron chi connectivity index (χ4n) is 1.18. The zero-order valence-corrected chi connectivity index (χ0v) is 7.34. The molecule has 0 aromatic rings. The van der Waals surface area contributed by atoms with E-state index >= 15 is 0 Å². The van der Waals surface area contributed by atoms with Gasteiger partial charge in [0.05, 0.1) is 6.10 Å². The van der Waals surface area contributed by atoms with Crippen LogP contribution < -0.4 is 0 Å². The van der Waals surface area contributed by atoms with Crippen molar-refractivity contribution in [1.29, 1.82) is 0 Å². The number of hydrogen-bond donors (Lipinski definition) is 0. The van der Waals surface area contributed by atoms with E-state index in [-0.39, 0.29) is 0 Å². The molecule has 0 amide bonds. The molecule has 1 aliphatic carbocycles. The van der Waals surface area contributed by atoms with Crippen LogP contribution in [0.2, 0.25) is 0 Å². The zero-order chi connectivity index (χ0) is 8.10. The van der Waals surface area contributed by atoms with E-state index in [2.05, 4.69) is 32.1 Å². The Kier molecular flexibility index (Phi) is 3.37. The van der Waals surface area contributed by atoms with Gasteiger partial charge in [0.25, 0.3) is 0 Å². The second-order valence-corrected chi connectivity index (χ2v) is 3.01. The Labute approximate surface area is 68.8 Å². The highest BCUT2D eigenvalue weighted by Gasteiger charge is 2.07. The summed E-state index contributed by atoms with van der Waals surface area (Å²) in [4.78, 5) is 0. The summed E-state index contributed by atoms with van der Waals surface area (Å²) in [5.74, 6) is 0. The normalized spacial score (nSPS) is 23.5. The van der Waals surface area contributed by atoms with Gasteiger partial charge < -0.3 is 4.74 Å². The molecule has 0 spiro atoms.